The molecule has 3 aromatic rings. The summed E-state index contributed by atoms with van der Waals surface area (Å²) in [6.45, 7) is 5.41. The van der Waals surface area contributed by atoms with E-state index in [2.05, 4.69) is 15.2 Å². The van der Waals surface area contributed by atoms with Crippen molar-refractivity contribution in [3.05, 3.63) is 29.3 Å². The van der Waals surface area contributed by atoms with E-state index in [1.165, 1.54) is 6.42 Å². The molecule has 0 radical (unpaired) electrons. The second-order valence-electron chi connectivity index (χ2n) is 7.47. The summed E-state index contributed by atoms with van der Waals surface area (Å²) in [5.74, 6) is 0. The van der Waals surface area contributed by atoms with Crippen molar-refractivity contribution in [2.45, 2.75) is 38.0 Å². The third-order valence-electron chi connectivity index (χ3n) is 5.04. The predicted molar refractivity (Wildman–Crippen MR) is 97.9 cm³/mol. The maximum Gasteiger partial charge on any atom is 0.298 e. The fourth-order valence-corrected chi connectivity index (χ4v) is 4.35. The summed E-state index contributed by atoms with van der Waals surface area (Å²) in [5, 5.41) is 16.8. The summed E-state index contributed by atoms with van der Waals surface area (Å²) in [6.07, 6.45) is 3.02. The van der Waals surface area contributed by atoms with E-state index < -0.39 is 5.60 Å². The number of hydrogen-bond acceptors (Lipinski definition) is 7. The molecule has 1 aromatic carbocycles. The van der Waals surface area contributed by atoms with Crippen LogP contribution in [0.5, 0.6) is 0 Å². The van der Waals surface area contributed by atoms with Crippen LogP contribution in [0.3, 0.4) is 0 Å². The van der Waals surface area contributed by atoms with Gasteiger partial charge in [0.1, 0.15) is 10.5 Å². The average molecular weight is 356 g/mol. The molecule has 2 atom stereocenters. The topological polar surface area (TPSA) is 74.4 Å². The van der Waals surface area contributed by atoms with Gasteiger partial charge >= 0.3 is 0 Å². The van der Waals surface area contributed by atoms with Crippen molar-refractivity contribution in [3.8, 4) is 10.6 Å². The van der Waals surface area contributed by atoms with Crippen LogP contribution in [0.2, 0.25) is 0 Å². The first-order chi connectivity index (χ1) is 12.0. The SMILES string of the molecule is CC(C)(O)c1cc(-c2nccs2)c2oc(N3CC4CC(C3)N4)nc2c1. The molecule has 3 aliphatic heterocycles. The number of fused-ring (bicyclic) bond motifs is 3. The van der Waals surface area contributed by atoms with E-state index in [9.17, 15) is 5.11 Å². The van der Waals surface area contributed by atoms with E-state index in [1.807, 2.05) is 17.5 Å². The molecule has 2 aromatic heterocycles. The Labute approximate surface area is 149 Å². The van der Waals surface area contributed by atoms with Gasteiger partial charge in [0.25, 0.3) is 6.01 Å². The summed E-state index contributed by atoms with van der Waals surface area (Å²) in [4.78, 5) is 11.4. The highest BCUT2D eigenvalue weighted by molar-refractivity contribution is 7.13. The Kier molecular flexibility index (Phi) is 3.22. The van der Waals surface area contributed by atoms with Crippen molar-refractivity contribution < 1.29 is 9.52 Å². The van der Waals surface area contributed by atoms with Crippen LogP contribution in [-0.4, -0.2) is 40.2 Å². The third kappa shape index (κ3) is 2.54. The van der Waals surface area contributed by atoms with Crippen molar-refractivity contribution in [2.75, 3.05) is 18.0 Å². The Bertz CT molecular complexity index is 913. The second kappa shape index (κ2) is 5.27. The molecule has 0 amide bonds. The number of oxazole rings is 1. The standard InChI is InChI=1S/C18H20N4O2S/c1-18(2,23)10-5-13(16-19-3-4-25-16)15-14(6-10)21-17(24-15)22-8-11-7-12(9-22)20-11/h3-6,11-12,20,23H,7-9H2,1-2H3. The molecule has 0 aliphatic carbocycles. The molecule has 130 valence electrons. The summed E-state index contributed by atoms with van der Waals surface area (Å²) >= 11 is 1.56. The molecule has 25 heavy (non-hydrogen) atoms. The lowest BCUT2D eigenvalue weighted by molar-refractivity contribution is 0.0787. The lowest BCUT2D eigenvalue weighted by atomic mass is 9.92. The van der Waals surface area contributed by atoms with Crippen LogP contribution in [0.1, 0.15) is 25.8 Å². The molecule has 5 heterocycles. The Morgan fingerprint density at radius 1 is 1.32 bits per heavy atom. The molecule has 2 bridgehead atoms. The summed E-state index contributed by atoms with van der Waals surface area (Å²) in [5.41, 5.74) is 2.27. The fraction of sp³-hybridized carbons (Fsp3) is 0.444. The molecular weight excluding hydrogens is 336 g/mol. The van der Waals surface area contributed by atoms with Gasteiger partial charge in [-0.3, -0.25) is 0 Å². The first-order valence-electron chi connectivity index (χ1n) is 8.56. The highest BCUT2D eigenvalue weighted by atomic mass is 32.1. The molecule has 6 nitrogen and oxygen atoms in total. The van der Waals surface area contributed by atoms with E-state index in [0.717, 1.165) is 40.3 Å². The van der Waals surface area contributed by atoms with Crippen LogP contribution < -0.4 is 10.2 Å². The van der Waals surface area contributed by atoms with Crippen LogP contribution in [0.15, 0.2) is 28.1 Å². The van der Waals surface area contributed by atoms with Gasteiger partial charge in [-0.2, -0.15) is 4.98 Å². The molecule has 0 spiro atoms. The number of nitrogens with zero attached hydrogens (tertiary/aromatic N) is 3. The van der Waals surface area contributed by atoms with Gasteiger partial charge < -0.3 is 19.7 Å². The third-order valence-corrected chi connectivity index (χ3v) is 5.85. The highest BCUT2D eigenvalue weighted by Crippen LogP contribution is 2.37. The van der Waals surface area contributed by atoms with Crippen molar-refractivity contribution in [2.24, 2.45) is 0 Å². The number of anilines is 1. The van der Waals surface area contributed by atoms with Gasteiger partial charge in [0.2, 0.25) is 0 Å². The van der Waals surface area contributed by atoms with Gasteiger partial charge in [0.05, 0.1) is 11.2 Å². The maximum atomic E-state index is 10.5. The summed E-state index contributed by atoms with van der Waals surface area (Å²) < 4.78 is 6.17. The molecule has 2 unspecified atom stereocenters. The van der Waals surface area contributed by atoms with Gasteiger partial charge in [0, 0.05) is 36.8 Å². The van der Waals surface area contributed by atoms with Gasteiger partial charge in [0.15, 0.2) is 5.58 Å². The number of piperidine rings is 1. The minimum atomic E-state index is -0.948. The van der Waals surface area contributed by atoms with Crippen molar-refractivity contribution >= 4 is 28.5 Å². The Balaban J connectivity index is 1.65. The molecule has 2 N–H and O–H groups in total. The number of aliphatic hydroxyl groups is 1. The quantitative estimate of drug-likeness (QED) is 0.752. The molecular formula is C18H20N4O2S. The Hall–Kier alpha value is -1.96. The highest BCUT2D eigenvalue weighted by Gasteiger charge is 2.38. The van der Waals surface area contributed by atoms with Crippen molar-refractivity contribution in [1.82, 2.24) is 15.3 Å². The van der Waals surface area contributed by atoms with Crippen LogP contribution in [-0.2, 0) is 5.60 Å². The number of hydrogen-bond donors (Lipinski definition) is 2. The molecule has 0 saturated carbocycles. The van der Waals surface area contributed by atoms with E-state index in [0.29, 0.717) is 18.1 Å². The van der Waals surface area contributed by atoms with Gasteiger partial charge in [-0.15, -0.1) is 11.3 Å². The number of nitrogens with one attached hydrogen (secondary N) is 1. The van der Waals surface area contributed by atoms with Crippen LogP contribution >= 0.6 is 11.3 Å². The summed E-state index contributed by atoms with van der Waals surface area (Å²) in [6, 6.07) is 5.63. The van der Waals surface area contributed by atoms with Crippen LogP contribution in [0.4, 0.5) is 6.01 Å². The normalized spacial score (nSPS) is 23.1. The Morgan fingerprint density at radius 2 is 2.08 bits per heavy atom. The minimum absolute atomic E-state index is 0.541. The maximum absolute atomic E-state index is 10.5. The largest absolute Gasteiger partial charge is 0.423 e. The van der Waals surface area contributed by atoms with E-state index in [1.54, 1.807) is 31.4 Å². The van der Waals surface area contributed by atoms with Crippen LogP contribution in [0, 0.1) is 0 Å². The zero-order chi connectivity index (χ0) is 17.2. The monoisotopic (exact) mass is 356 g/mol. The number of benzene rings is 1. The van der Waals surface area contributed by atoms with Crippen molar-refractivity contribution in [1.29, 1.82) is 0 Å². The molecule has 3 saturated heterocycles. The smallest absolute Gasteiger partial charge is 0.298 e. The lowest BCUT2D eigenvalue weighted by Crippen LogP contribution is -2.67. The molecule has 7 heteroatoms. The van der Waals surface area contributed by atoms with Gasteiger partial charge in [-0.25, -0.2) is 4.98 Å². The zero-order valence-electron chi connectivity index (χ0n) is 14.2. The molecule has 6 rings (SSSR count). The van der Waals surface area contributed by atoms with E-state index >= 15 is 0 Å². The zero-order valence-corrected chi connectivity index (χ0v) is 15.0. The first-order valence-corrected chi connectivity index (χ1v) is 9.43. The van der Waals surface area contributed by atoms with Gasteiger partial charge in [-0.05, 0) is 38.0 Å². The van der Waals surface area contributed by atoms with E-state index in [-0.39, 0.29) is 0 Å². The number of piperazine rings is 1. The number of thiazole rings is 1. The summed E-state index contributed by atoms with van der Waals surface area (Å²) in [7, 11) is 0. The molecule has 3 fully saturated rings. The number of aromatic nitrogens is 2. The predicted octanol–water partition coefficient (Wildman–Crippen LogP) is 2.73. The number of rotatable bonds is 3. The Morgan fingerprint density at radius 3 is 2.72 bits per heavy atom. The van der Waals surface area contributed by atoms with Crippen LogP contribution in [0.25, 0.3) is 21.7 Å². The molecule has 3 aliphatic rings. The van der Waals surface area contributed by atoms with Crippen molar-refractivity contribution in [3.63, 3.8) is 0 Å². The average Bonchev–Trinajstić information content (AvgIpc) is 3.22. The first kappa shape index (κ1) is 15.3. The lowest BCUT2D eigenvalue weighted by Gasteiger charge is -2.47. The second-order valence-corrected chi connectivity index (χ2v) is 8.36. The minimum Gasteiger partial charge on any atom is -0.423 e. The van der Waals surface area contributed by atoms with Gasteiger partial charge in [-0.1, -0.05) is 0 Å². The fourth-order valence-electron chi connectivity index (χ4n) is 3.69. The van der Waals surface area contributed by atoms with E-state index in [4.69, 9.17) is 9.40 Å².